The van der Waals surface area contributed by atoms with Crippen LogP contribution in [0.2, 0.25) is 0 Å². The number of H-pyrrole nitrogens is 1. The van der Waals surface area contributed by atoms with E-state index in [0.29, 0.717) is 40.6 Å². The highest BCUT2D eigenvalue weighted by Crippen LogP contribution is 2.29. The van der Waals surface area contributed by atoms with Gasteiger partial charge in [-0.05, 0) is 55.7 Å². The molecule has 166 valence electrons. The molecular formula is C26H27NO5. The number of allylic oxidation sites excluding steroid dienone is 1. The van der Waals surface area contributed by atoms with Crippen molar-refractivity contribution in [3.05, 3.63) is 88.2 Å². The minimum atomic E-state index is -0.466. The molecule has 1 N–H and O–H groups in total. The molecule has 0 aliphatic rings. The molecule has 6 nitrogen and oxygen atoms in total. The SMILES string of the molecule is CCOC(=O)c1[nH]c(C)c(C(=O)/C=C/c2ccc(OC)c(OCc3ccccc3)c2)c1C. The molecule has 6 heteroatoms. The zero-order valence-corrected chi connectivity index (χ0v) is 18.7. The molecule has 0 unspecified atom stereocenters. The number of aryl methyl sites for hydroxylation is 1. The highest BCUT2D eigenvalue weighted by molar-refractivity contribution is 6.10. The first-order valence-corrected chi connectivity index (χ1v) is 10.4. The molecule has 1 heterocycles. The Hall–Kier alpha value is -3.80. The predicted octanol–water partition coefficient (Wildman–Crippen LogP) is 5.29. The number of nitrogens with one attached hydrogen (secondary N) is 1. The van der Waals surface area contributed by atoms with E-state index in [1.54, 1.807) is 40.0 Å². The van der Waals surface area contributed by atoms with E-state index in [2.05, 4.69) is 4.98 Å². The van der Waals surface area contributed by atoms with Crippen molar-refractivity contribution in [3.8, 4) is 11.5 Å². The number of aromatic nitrogens is 1. The summed E-state index contributed by atoms with van der Waals surface area (Å²) >= 11 is 0. The zero-order valence-electron chi connectivity index (χ0n) is 18.7. The van der Waals surface area contributed by atoms with Crippen LogP contribution in [0, 0.1) is 13.8 Å². The number of hydrogen-bond acceptors (Lipinski definition) is 5. The van der Waals surface area contributed by atoms with Crippen LogP contribution in [0.1, 0.15) is 50.2 Å². The minimum Gasteiger partial charge on any atom is -0.493 e. The highest BCUT2D eigenvalue weighted by atomic mass is 16.5. The van der Waals surface area contributed by atoms with Crippen LogP contribution in [-0.2, 0) is 11.3 Å². The summed E-state index contributed by atoms with van der Waals surface area (Å²) in [5.74, 6) is 0.534. The first-order chi connectivity index (χ1) is 15.4. The lowest BCUT2D eigenvalue weighted by atomic mass is 10.0. The molecule has 32 heavy (non-hydrogen) atoms. The van der Waals surface area contributed by atoms with Crippen molar-refractivity contribution in [2.45, 2.75) is 27.4 Å². The van der Waals surface area contributed by atoms with Crippen molar-refractivity contribution in [1.82, 2.24) is 4.98 Å². The Morgan fingerprint density at radius 1 is 1.03 bits per heavy atom. The van der Waals surface area contributed by atoms with E-state index in [0.717, 1.165) is 11.1 Å². The average Bonchev–Trinajstić information content (AvgIpc) is 3.11. The number of rotatable bonds is 9. The van der Waals surface area contributed by atoms with Gasteiger partial charge in [-0.2, -0.15) is 0 Å². The van der Waals surface area contributed by atoms with Gasteiger partial charge in [-0.1, -0.05) is 42.5 Å². The van der Waals surface area contributed by atoms with Crippen molar-refractivity contribution >= 4 is 17.8 Å². The maximum atomic E-state index is 12.9. The van der Waals surface area contributed by atoms with Gasteiger partial charge < -0.3 is 19.2 Å². The van der Waals surface area contributed by atoms with Crippen molar-refractivity contribution < 1.29 is 23.8 Å². The predicted molar refractivity (Wildman–Crippen MR) is 123 cm³/mol. The van der Waals surface area contributed by atoms with E-state index in [1.165, 1.54) is 6.08 Å². The van der Waals surface area contributed by atoms with Crippen LogP contribution in [0.3, 0.4) is 0 Å². The number of carbonyl (C=O) groups excluding carboxylic acids is 2. The molecule has 3 aromatic rings. The Balaban J connectivity index is 1.79. The fourth-order valence-electron chi connectivity index (χ4n) is 3.43. The molecule has 2 aromatic carbocycles. The number of carbonyl (C=O) groups is 2. The average molecular weight is 434 g/mol. The molecule has 0 amide bonds. The Morgan fingerprint density at radius 2 is 1.78 bits per heavy atom. The minimum absolute atomic E-state index is 0.200. The smallest absolute Gasteiger partial charge is 0.355 e. The molecule has 1 aromatic heterocycles. The largest absolute Gasteiger partial charge is 0.493 e. The topological polar surface area (TPSA) is 77.6 Å². The zero-order chi connectivity index (χ0) is 23.1. The van der Waals surface area contributed by atoms with Gasteiger partial charge in [-0.25, -0.2) is 4.79 Å². The lowest BCUT2D eigenvalue weighted by molar-refractivity contribution is 0.0519. The normalized spacial score (nSPS) is 10.9. The molecule has 0 atom stereocenters. The Kier molecular flexibility index (Phi) is 7.49. The van der Waals surface area contributed by atoms with Gasteiger partial charge in [0.2, 0.25) is 0 Å². The second kappa shape index (κ2) is 10.5. The van der Waals surface area contributed by atoms with E-state index < -0.39 is 5.97 Å². The molecule has 0 radical (unpaired) electrons. The molecule has 0 saturated heterocycles. The number of aromatic amines is 1. The number of ether oxygens (including phenoxy) is 3. The van der Waals surface area contributed by atoms with Gasteiger partial charge in [0.15, 0.2) is 17.3 Å². The third-order valence-corrected chi connectivity index (χ3v) is 5.02. The van der Waals surface area contributed by atoms with Crippen LogP contribution in [0.15, 0.2) is 54.6 Å². The maximum absolute atomic E-state index is 12.9. The summed E-state index contributed by atoms with van der Waals surface area (Å²) in [4.78, 5) is 27.9. The molecule has 3 rings (SSSR count). The van der Waals surface area contributed by atoms with E-state index >= 15 is 0 Å². The van der Waals surface area contributed by atoms with Gasteiger partial charge in [-0.15, -0.1) is 0 Å². The number of hydrogen-bond donors (Lipinski definition) is 1. The molecular weight excluding hydrogens is 406 g/mol. The van der Waals surface area contributed by atoms with E-state index in [1.807, 2.05) is 42.5 Å². The lowest BCUT2D eigenvalue weighted by Gasteiger charge is -2.11. The Morgan fingerprint density at radius 3 is 2.47 bits per heavy atom. The van der Waals surface area contributed by atoms with Gasteiger partial charge >= 0.3 is 5.97 Å². The van der Waals surface area contributed by atoms with Gasteiger partial charge in [-0.3, -0.25) is 4.79 Å². The molecule has 0 saturated carbocycles. The summed E-state index contributed by atoms with van der Waals surface area (Å²) < 4.78 is 16.4. The number of benzene rings is 2. The number of methoxy groups -OCH3 is 1. The summed E-state index contributed by atoms with van der Waals surface area (Å²) in [7, 11) is 1.59. The molecule has 0 spiro atoms. The summed E-state index contributed by atoms with van der Waals surface area (Å²) in [6, 6.07) is 15.3. The van der Waals surface area contributed by atoms with Crippen molar-refractivity contribution in [2.24, 2.45) is 0 Å². The highest BCUT2D eigenvalue weighted by Gasteiger charge is 2.21. The van der Waals surface area contributed by atoms with Crippen LogP contribution >= 0.6 is 0 Å². The fourth-order valence-corrected chi connectivity index (χ4v) is 3.43. The second-order valence-corrected chi connectivity index (χ2v) is 7.23. The summed E-state index contributed by atoms with van der Waals surface area (Å²) in [6.45, 7) is 5.91. The van der Waals surface area contributed by atoms with Crippen LogP contribution < -0.4 is 9.47 Å². The van der Waals surface area contributed by atoms with Gasteiger partial charge in [0, 0.05) is 11.3 Å². The van der Waals surface area contributed by atoms with Crippen molar-refractivity contribution in [1.29, 1.82) is 0 Å². The molecule has 0 bridgehead atoms. The van der Waals surface area contributed by atoms with Crippen molar-refractivity contribution in [3.63, 3.8) is 0 Å². The van der Waals surface area contributed by atoms with Crippen molar-refractivity contribution in [2.75, 3.05) is 13.7 Å². The molecule has 0 aliphatic heterocycles. The fraction of sp³-hybridized carbons (Fsp3) is 0.231. The molecule has 0 aliphatic carbocycles. The number of ketones is 1. The van der Waals surface area contributed by atoms with E-state index in [4.69, 9.17) is 14.2 Å². The van der Waals surface area contributed by atoms with Crippen LogP contribution in [0.25, 0.3) is 6.08 Å². The molecule has 0 fully saturated rings. The summed E-state index contributed by atoms with van der Waals surface area (Å²) in [5.41, 5.74) is 3.82. The first kappa shape index (κ1) is 22.9. The quantitative estimate of drug-likeness (QED) is 0.282. The Labute approximate surface area is 187 Å². The summed E-state index contributed by atoms with van der Waals surface area (Å²) in [5, 5.41) is 0. The van der Waals surface area contributed by atoms with E-state index in [-0.39, 0.29) is 12.4 Å². The van der Waals surface area contributed by atoms with Gasteiger partial charge in [0.1, 0.15) is 12.3 Å². The number of esters is 1. The van der Waals surface area contributed by atoms with E-state index in [9.17, 15) is 9.59 Å². The third-order valence-electron chi connectivity index (χ3n) is 5.02. The summed E-state index contributed by atoms with van der Waals surface area (Å²) in [6.07, 6.45) is 3.20. The first-order valence-electron chi connectivity index (χ1n) is 10.4. The second-order valence-electron chi connectivity index (χ2n) is 7.23. The van der Waals surface area contributed by atoms with Gasteiger partial charge in [0.25, 0.3) is 0 Å². The standard InChI is InChI=1S/C26H27NO5/c1-5-31-26(29)25-17(2)24(18(3)27-25)21(28)13-11-19-12-14-22(30-4)23(15-19)32-16-20-9-7-6-8-10-20/h6-15,27H,5,16H2,1-4H3/b13-11+. The monoisotopic (exact) mass is 433 g/mol. The van der Waals surface area contributed by atoms with Crippen LogP contribution in [0.4, 0.5) is 0 Å². The van der Waals surface area contributed by atoms with Crippen LogP contribution in [-0.4, -0.2) is 30.5 Å². The lowest BCUT2D eigenvalue weighted by Crippen LogP contribution is -2.07. The third kappa shape index (κ3) is 5.27. The maximum Gasteiger partial charge on any atom is 0.355 e. The van der Waals surface area contributed by atoms with Crippen LogP contribution in [0.5, 0.6) is 11.5 Å². The van der Waals surface area contributed by atoms with Gasteiger partial charge in [0.05, 0.1) is 13.7 Å². The Bertz CT molecular complexity index is 1130.